The van der Waals surface area contributed by atoms with Crippen LogP contribution < -0.4 is 0 Å². The summed E-state index contributed by atoms with van der Waals surface area (Å²) in [6.07, 6.45) is 0. The Morgan fingerprint density at radius 3 is 1.08 bits per heavy atom. The average molecular weight is 285 g/mol. The molecule has 1 N–H and O–H groups in total. The molecule has 0 aliphatic rings. The highest BCUT2D eigenvalue weighted by molar-refractivity contribution is 8.31. The Hall–Kier alpha value is 0.230. The van der Waals surface area contributed by atoms with E-state index in [1.54, 1.807) is 0 Å². The molecule has 0 aliphatic heterocycles. The van der Waals surface area contributed by atoms with Crippen LogP contribution in [-0.4, -0.2) is 26.9 Å². The summed E-state index contributed by atoms with van der Waals surface area (Å²) in [6.45, 7) is 0. The van der Waals surface area contributed by atoms with Crippen molar-refractivity contribution in [3.63, 3.8) is 0 Å². The summed E-state index contributed by atoms with van der Waals surface area (Å²) in [6, 6.07) is 0. The Morgan fingerprint density at radius 2 is 1.08 bits per heavy atom. The SMILES string of the molecule is O=S(=O)(Cl)Cl.O=S(=O)(O)C(F)(F)F. The van der Waals surface area contributed by atoms with E-state index in [1.807, 2.05) is 0 Å². The number of hydrogen-bond donors (Lipinski definition) is 1. The second kappa shape index (κ2) is 4.64. The van der Waals surface area contributed by atoms with E-state index in [4.69, 9.17) is 21.4 Å². The van der Waals surface area contributed by atoms with E-state index in [1.165, 1.54) is 0 Å². The lowest BCUT2D eigenvalue weighted by atomic mass is 11.6. The lowest BCUT2D eigenvalue weighted by Gasteiger charge is -1.97. The minimum atomic E-state index is -5.84. The molecule has 0 aliphatic carbocycles. The van der Waals surface area contributed by atoms with Gasteiger partial charge in [-0.25, -0.2) is 0 Å². The van der Waals surface area contributed by atoms with Crippen molar-refractivity contribution in [1.82, 2.24) is 0 Å². The molecule has 0 atom stereocenters. The van der Waals surface area contributed by atoms with Gasteiger partial charge in [0.15, 0.2) is 0 Å². The second-order valence-corrected chi connectivity index (χ2v) is 6.38. The molecule has 0 heterocycles. The molecule has 0 bridgehead atoms. The molecule has 0 amide bonds. The van der Waals surface area contributed by atoms with Crippen molar-refractivity contribution in [2.24, 2.45) is 0 Å². The summed E-state index contributed by atoms with van der Waals surface area (Å²) in [5, 5.41) is 0. The van der Waals surface area contributed by atoms with Gasteiger partial charge in [0.1, 0.15) is 0 Å². The van der Waals surface area contributed by atoms with Gasteiger partial charge in [-0.2, -0.15) is 30.0 Å². The van der Waals surface area contributed by atoms with Gasteiger partial charge in [0, 0.05) is 21.4 Å². The van der Waals surface area contributed by atoms with Crippen LogP contribution >= 0.6 is 21.4 Å². The molecular formula is CHCl2F3O5S2. The van der Waals surface area contributed by atoms with Crippen molar-refractivity contribution in [2.45, 2.75) is 5.51 Å². The van der Waals surface area contributed by atoms with Gasteiger partial charge in [-0.15, -0.1) is 0 Å². The summed E-state index contributed by atoms with van der Waals surface area (Å²) >= 11 is 0. The molecule has 12 heteroatoms. The molecule has 0 saturated carbocycles. The second-order valence-electron chi connectivity index (χ2n) is 1.30. The Labute approximate surface area is 80.1 Å². The summed E-state index contributed by atoms with van der Waals surface area (Å²) in [5.41, 5.74) is -5.53. The van der Waals surface area contributed by atoms with Crippen LogP contribution in [-0.2, 0) is 18.4 Å². The van der Waals surface area contributed by atoms with Crippen LogP contribution in [0.5, 0.6) is 0 Å². The fraction of sp³-hybridized carbons (Fsp3) is 1.00. The predicted molar refractivity (Wildman–Crippen MR) is 38.2 cm³/mol. The van der Waals surface area contributed by atoms with Crippen LogP contribution in [0.4, 0.5) is 13.2 Å². The first-order chi connectivity index (χ1) is 5.25. The first-order valence-corrected chi connectivity index (χ1v) is 6.50. The van der Waals surface area contributed by atoms with Crippen LogP contribution in [0.1, 0.15) is 0 Å². The largest absolute Gasteiger partial charge is 0.522 e. The van der Waals surface area contributed by atoms with Gasteiger partial charge >= 0.3 is 23.9 Å². The summed E-state index contributed by atoms with van der Waals surface area (Å²) in [7, 11) is -1.03. The molecule has 0 fully saturated rings. The highest BCUT2D eigenvalue weighted by Gasteiger charge is 2.44. The normalized spacial score (nSPS) is 13.1. The predicted octanol–water partition coefficient (Wildman–Crippen LogP) is 1.10. The van der Waals surface area contributed by atoms with Gasteiger partial charge in [-0.05, 0) is 0 Å². The van der Waals surface area contributed by atoms with E-state index < -0.39 is 23.9 Å². The first kappa shape index (κ1) is 15.7. The van der Waals surface area contributed by atoms with Crippen LogP contribution in [0, 0.1) is 0 Å². The highest BCUT2D eigenvalue weighted by Crippen LogP contribution is 2.20. The lowest BCUT2D eigenvalue weighted by Crippen LogP contribution is -2.21. The van der Waals surface area contributed by atoms with E-state index in [-0.39, 0.29) is 0 Å². The maximum absolute atomic E-state index is 10.7. The van der Waals surface area contributed by atoms with Crippen molar-refractivity contribution in [2.75, 3.05) is 0 Å². The molecule has 0 aromatic carbocycles. The number of hydrogen-bond acceptors (Lipinski definition) is 4. The molecule has 0 aromatic rings. The van der Waals surface area contributed by atoms with Crippen LogP contribution in [0.3, 0.4) is 0 Å². The fourth-order valence-corrected chi connectivity index (χ4v) is 0. The maximum Gasteiger partial charge on any atom is 0.522 e. The minimum absolute atomic E-state index is 3.72. The van der Waals surface area contributed by atoms with Gasteiger partial charge in [0.05, 0.1) is 0 Å². The third-order valence-corrected chi connectivity index (χ3v) is 0.877. The zero-order chi connectivity index (χ0) is 11.5. The topological polar surface area (TPSA) is 88.5 Å². The molecular weight excluding hydrogens is 284 g/mol. The fourth-order valence-electron chi connectivity index (χ4n) is 0. The van der Waals surface area contributed by atoms with Gasteiger partial charge in [-0.1, -0.05) is 0 Å². The van der Waals surface area contributed by atoms with E-state index in [2.05, 4.69) is 21.4 Å². The van der Waals surface area contributed by atoms with Gasteiger partial charge in [-0.3, -0.25) is 4.55 Å². The zero-order valence-corrected chi connectivity index (χ0v) is 8.43. The third-order valence-electron chi connectivity index (χ3n) is 0.292. The maximum atomic E-state index is 10.7. The van der Waals surface area contributed by atoms with Crippen LogP contribution in [0.25, 0.3) is 0 Å². The summed E-state index contributed by atoms with van der Waals surface area (Å²) in [4.78, 5) is 0. The molecule has 0 saturated heterocycles. The molecule has 0 radical (unpaired) electrons. The van der Waals surface area contributed by atoms with Crippen molar-refractivity contribution in [3.05, 3.63) is 0 Å². The van der Waals surface area contributed by atoms with Crippen molar-refractivity contribution < 1.29 is 34.6 Å². The third kappa shape index (κ3) is 15.0. The van der Waals surface area contributed by atoms with E-state index in [0.29, 0.717) is 0 Å². The summed E-state index contributed by atoms with van der Waals surface area (Å²) in [5.74, 6) is 0. The molecule has 0 rings (SSSR count). The van der Waals surface area contributed by atoms with Crippen molar-refractivity contribution in [1.29, 1.82) is 0 Å². The summed E-state index contributed by atoms with van der Waals surface area (Å²) < 4.78 is 75.9. The van der Waals surface area contributed by atoms with E-state index >= 15 is 0 Å². The minimum Gasteiger partial charge on any atom is -0.279 e. The van der Waals surface area contributed by atoms with Crippen LogP contribution in [0.15, 0.2) is 0 Å². The van der Waals surface area contributed by atoms with Crippen molar-refractivity contribution in [3.8, 4) is 0 Å². The number of alkyl halides is 3. The standard InChI is InChI=1S/CHF3O3S.Cl2O2S/c2-1(3,4)8(5,6)7;1-5(2,3)4/h(H,5,6,7);. The quantitative estimate of drug-likeness (QED) is 0.409. The van der Waals surface area contributed by atoms with E-state index in [9.17, 15) is 13.2 Å². The Morgan fingerprint density at radius 1 is 1.00 bits per heavy atom. The average Bonchev–Trinajstić information content (AvgIpc) is 1.50. The van der Waals surface area contributed by atoms with Crippen LogP contribution in [0.2, 0.25) is 0 Å². The number of halogens is 5. The zero-order valence-electron chi connectivity index (χ0n) is 5.29. The molecule has 0 spiro atoms. The smallest absolute Gasteiger partial charge is 0.279 e. The Kier molecular flexibility index (Phi) is 5.60. The monoisotopic (exact) mass is 284 g/mol. The van der Waals surface area contributed by atoms with Gasteiger partial charge in [0.2, 0.25) is 0 Å². The first-order valence-electron chi connectivity index (χ1n) is 1.93. The number of rotatable bonds is 0. The van der Waals surface area contributed by atoms with Gasteiger partial charge in [0.25, 0.3) is 0 Å². The Balaban J connectivity index is 0. The molecule has 82 valence electrons. The van der Waals surface area contributed by atoms with Crippen molar-refractivity contribution >= 4 is 39.7 Å². The molecule has 0 unspecified atom stereocenters. The molecule has 0 aromatic heterocycles. The van der Waals surface area contributed by atoms with E-state index in [0.717, 1.165) is 0 Å². The Bertz CT molecular complexity index is 330. The lowest BCUT2D eigenvalue weighted by molar-refractivity contribution is -0.0510. The highest BCUT2D eigenvalue weighted by atomic mass is 36.0. The molecule has 5 nitrogen and oxygen atoms in total. The van der Waals surface area contributed by atoms with Gasteiger partial charge < -0.3 is 0 Å². The molecule has 13 heavy (non-hydrogen) atoms.